The number of hydrogen-bond acceptors (Lipinski definition) is 1. The molecule has 0 unspecified atom stereocenters. The molecule has 0 atom stereocenters. The van der Waals surface area contributed by atoms with Crippen molar-refractivity contribution in [3.8, 4) is 0 Å². The summed E-state index contributed by atoms with van der Waals surface area (Å²) in [6.07, 6.45) is -2.13. The highest BCUT2D eigenvalue weighted by Gasteiger charge is 2.32. The second-order valence-corrected chi connectivity index (χ2v) is 4.75. The maximum absolute atomic E-state index is 12.6. The van der Waals surface area contributed by atoms with Crippen LogP contribution < -0.4 is 5.73 Å². The van der Waals surface area contributed by atoms with Gasteiger partial charge in [0.05, 0.1) is 5.56 Å². The Balaban J connectivity index is 2.17. The molecule has 96 valence electrons. The Labute approximate surface area is 102 Å². The molecule has 1 heterocycles. The predicted octanol–water partition coefficient (Wildman–Crippen LogP) is 3.52. The van der Waals surface area contributed by atoms with Gasteiger partial charge in [-0.2, -0.15) is 13.2 Å². The van der Waals surface area contributed by atoms with E-state index >= 15 is 0 Å². The van der Waals surface area contributed by atoms with Crippen molar-refractivity contribution in [2.24, 2.45) is 5.73 Å². The molecule has 3 rings (SSSR count). The van der Waals surface area contributed by atoms with Gasteiger partial charge in [-0.15, -0.1) is 0 Å². The molecule has 0 radical (unpaired) electrons. The standard InChI is InChI=1S/C13H13F3N2/c14-13(15,16)8-3-4-9-10(6-17)12(7-1-2-7)18-11(9)5-8/h3-5,7,18H,1-2,6,17H2. The number of nitrogens with one attached hydrogen (secondary N) is 1. The Kier molecular flexibility index (Phi) is 2.41. The summed E-state index contributed by atoms with van der Waals surface area (Å²) >= 11 is 0. The monoisotopic (exact) mass is 254 g/mol. The molecular weight excluding hydrogens is 241 g/mol. The number of nitrogens with two attached hydrogens (primary N) is 1. The fourth-order valence-corrected chi connectivity index (χ4v) is 2.39. The molecule has 5 heteroatoms. The number of halogens is 3. The second kappa shape index (κ2) is 3.75. The van der Waals surface area contributed by atoms with Crippen LogP contribution >= 0.6 is 0 Å². The molecule has 0 bridgehead atoms. The van der Waals surface area contributed by atoms with Gasteiger partial charge < -0.3 is 10.7 Å². The third-order valence-electron chi connectivity index (χ3n) is 3.46. The zero-order valence-electron chi connectivity index (χ0n) is 9.64. The van der Waals surface area contributed by atoms with Gasteiger partial charge in [0.2, 0.25) is 0 Å². The lowest BCUT2D eigenvalue weighted by Gasteiger charge is -2.06. The van der Waals surface area contributed by atoms with Crippen LogP contribution in [0.1, 0.15) is 35.6 Å². The Bertz CT molecular complexity index is 594. The summed E-state index contributed by atoms with van der Waals surface area (Å²) in [4.78, 5) is 3.11. The van der Waals surface area contributed by atoms with Crippen molar-refractivity contribution in [1.82, 2.24) is 4.98 Å². The lowest BCUT2D eigenvalue weighted by molar-refractivity contribution is -0.137. The number of H-pyrrole nitrogens is 1. The van der Waals surface area contributed by atoms with Crippen LogP contribution in [0.2, 0.25) is 0 Å². The average molecular weight is 254 g/mol. The molecule has 0 amide bonds. The second-order valence-electron chi connectivity index (χ2n) is 4.75. The number of rotatable bonds is 2. The topological polar surface area (TPSA) is 41.8 Å². The summed E-state index contributed by atoms with van der Waals surface area (Å²) < 4.78 is 37.9. The smallest absolute Gasteiger partial charge is 0.358 e. The highest BCUT2D eigenvalue weighted by atomic mass is 19.4. The Morgan fingerprint density at radius 2 is 2.00 bits per heavy atom. The van der Waals surface area contributed by atoms with E-state index in [-0.39, 0.29) is 0 Å². The highest BCUT2D eigenvalue weighted by Crippen LogP contribution is 2.43. The van der Waals surface area contributed by atoms with Crippen LogP contribution in [0, 0.1) is 0 Å². The molecular formula is C13H13F3N2. The molecule has 0 saturated heterocycles. The number of fused-ring (bicyclic) bond motifs is 1. The SMILES string of the molecule is NCc1c(C2CC2)[nH]c2cc(C(F)(F)F)ccc12. The number of aromatic nitrogens is 1. The van der Waals surface area contributed by atoms with E-state index in [0.29, 0.717) is 18.0 Å². The number of hydrogen-bond donors (Lipinski definition) is 2. The third-order valence-corrected chi connectivity index (χ3v) is 3.46. The molecule has 1 fully saturated rings. The molecule has 2 aromatic rings. The van der Waals surface area contributed by atoms with Gasteiger partial charge in [-0.25, -0.2) is 0 Å². The van der Waals surface area contributed by atoms with Crippen molar-refractivity contribution in [2.75, 3.05) is 0 Å². The number of alkyl halides is 3. The van der Waals surface area contributed by atoms with Crippen LogP contribution in [-0.4, -0.2) is 4.98 Å². The van der Waals surface area contributed by atoms with Gasteiger partial charge in [0.25, 0.3) is 0 Å². The van der Waals surface area contributed by atoms with Crippen molar-refractivity contribution < 1.29 is 13.2 Å². The summed E-state index contributed by atoms with van der Waals surface area (Å²) in [5, 5.41) is 0.812. The lowest BCUT2D eigenvalue weighted by Crippen LogP contribution is -2.04. The first kappa shape index (κ1) is 11.6. The summed E-state index contributed by atoms with van der Waals surface area (Å²) in [6, 6.07) is 3.80. The van der Waals surface area contributed by atoms with Gasteiger partial charge in [-0.1, -0.05) is 6.07 Å². The average Bonchev–Trinajstić information content (AvgIpc) is 3.08. The fraction of sp³-hybridized carbons (Fsp3) is 0.385. The predicted molar refractivity (Wildman–Crippen MR) is 63.2 cm³/mol. The van der Waals surface area contributed by atoms with Gasteiger partial charge in [0.1, 0.15) is 0 Å². The van der Waals surface area contributed by atoms with Gasteiger partial charge in [0, 0.05) is 23.1 Å². The van der Waals surface area contributed by atoms with Crippen LogP contribution in [0.3, 0.4) is 0 Å². The van der Waals surface area contributed by atoms with Crippen molar-refractivity contribution in [2.45, 2.75) is 31.5 Å². The van der Waals surface area contributed by atoms with E-state index in [1.54, 1.807) is 0 Å². The molecule has 3 N–H and O–H groups in total. The van der Waals surface area contributed by atoms with Crippen LogP contribution in [0.4, 0.5) is 13.2 Å². The highest BCUT2D eigenvalue weighted by molar-refractivity contribution is 5.85. The minimum absolute atomic E-state index is 0.358. The fourth-order valence-electron chi connectivity index (χ4n) is 2.39. The van der Waals surface area contributed by atoms with E-state index in [2.05, 4.69) is 4.98 Å². The first-order valence-corrected chi connectivity index (χ1v) is 5.92. The Hall–Kier alpha value is -1.49. The summed E-state index contributed by atoms with van der Waals surface area (Å²) in [5.74, 6) is 0.449. The molecule has 0 spiro atoms. The quantitative estimate of drug-likeness (QED) is 0.845. The van der Waals surface area contributed by atoms with Gasteiger partial charge in [0.15, 0.2) is 0 Å². The van der Waals surface area contributed by atoms with Gasteiger partial charge >= 0.3 is 6.18 Å². The molecule has 1 aromatic carbocycles. The normalized spacial score (nSPS) is 16.4. The van der Waals surface area contributed by atoms with Crippen LogP contribution in [0.15, 0.2) is 18.2 Å². The van der Waals surface area contributed by atoms with Crippen molar-refractivity contribution in [3.63, 3.8) is 0 Å². The Morgan fingerprint density at radius 1 is 1.28 bits per heavy atom. The van der Waals surface area contributed by atoms with E-state index in [9.17, 15) is 13.2 Å². The van der Waals surface area contributed by atoms with E-state index in [0.717, 1.165) is 35.6 Å². The zero-order valence-corrected chi connectivity index (χ0v) is 9.64. The maximum atomic E-state index is 12.6. The molecule has 1 saturated carbocycles. The summed E-state index contributed by atoms with van der Waals surface area (Å²) in [6.45, 7) is 0.358. The first-order valence-electron chi connectivity index (χ1n) is 5.92. The van der Waals surface area contributed by atoms with E-state index in [1.807, 2.05) is 0 Å². The summed E-state index contributed by atoms with van der Waals surface area (Å²) in [7, 11) is 0. The maximum Gasteiger partial charge on any atom is 0.416 e. The van der Waals surface area contributed by atoms with E-state index in [4.69, 9.17) is 5.73 Å². The van der Waals surface area contributed by atoms with Crippen LogP contribution in [0.5, 0.6) is 0 Å². The van der Waals surface area contributed by atoms with Crippen molar-refractivity contribution in [3.05, 3.63) is 35.0 Å². The van der Waals surface area contributed by atoms with E-state index in [1.165, 1.54) is 12.1 Å². The molecule has 18 heavy (non-hydrogen) atoms. The Morgan fingerprint density at radius 3 is 2.56 bits per heavy atom. The minimum Gasteiger partial charge on any atom is -0.358 e. The third kappa shape index (κ3) is 1.79. The number of aromatic amines is 1. The first-order chi connectivity index (χ1) is 8.50. The van der Waals surface area contributed by atoms with Crippen LogP contribution in [0.25, 0.3) is 10.9 Å². The molecule has 2 nitrogen and oxygen atoms in total. The lowest BCUT2D eigenvalue weighted by atomic mass is 10.1. The minimum atomic E-state index is -4.30. The largest absolute Gasteiger partial charge is 0.416 e. The van der Waals surface area contributed by atoms with Crippen molar-refractivity contribution >= 4 is 10.9 Å². The number of benzene rings is 1. The zero-order chi connectivity index (χ0) is 12.9. The molecule has 1 aromatic heterocycles. The van der Waals surface area contributed by atoms with Gasteiger partial charge in [-0.3, -0.25) is 0 Å². The molecule has 0 aliphatic heterocycles. The van der Waals surface area contributed by atoms with Crippen LogP contribution in [-0.2, 0) is 12.7 Å². The van der Waals surface area contributed by atoms with E-state index < -0.39 is 11.7 Å². The van der Waals surface area contributed by atoms with Crippen molar-refractivity contribution in [1.29, 1.82) is 0 Å². The molecule has 1 aliphatic carbocycles. The molecule has 1 aliphatic rings. The summed E-state index contributed by atoms with van der Waals surface area (Å²) in [5.41, 5.74) is 7.60. The van der Waals surface area contributed by atoms with Gasteiger partial charge in [-0.05, 0) is 36.5 Å².